The summed E-state index contributed by atoms with van der Waals surface area (Å²) < 4.78 is 13.3. The van der Waals surface area contributed by atoms with Crippen LogP contribution in [0.3, 0.4) is 0 Å². The van der Waals surface area contributed by atoms with E-state index in [1.54, 1.807) is 12.1 Å². The van der Waals surface area contributed by atoms with Gasteiger partial charge in [0.2, 0.25) is 0 Å². The molecule has 5 rings (SSSR count). The summed E-state index contributed by atoms with van der Waals surface area (Å²) in [6.45, 7) is 1.92. The number of nitrogens with one attached hydrogen (secondary N) is 2. The number of hydrogen-bond acceptors (Lipinski definition) is 2. The third-order valence-electron chi connectivity index (χ3n) is 7.31. The molecular weight excluding hydrogens is 425 g/mol. The highest BCUT2D eigenvalue weighted by atomic mass is 19.1. The first-order valence-electron chi connectivity index (χ1n) is 12.3. The number of urea groups is 1. The number of nitrogens with zero attached hydrogens (tertiary/aromatic N) is 1. The molecular formula is C29H32FN3O. The van der Waals surface area contributed by atoms with E-state index in [-0.39, 0.29) is 17.4 Å². The van der Waals surface area contributed by atoms with Gasteiger partial charge < -0.3 is 10.6 Å². The molecule has 0 radical (unpaired) electrons. The molecule has 0 bridgehead atoms. The second kappa shape index (κ2) is 9.98. The van der Waals surface area contributed by atoms with Crippen molar-refractivity contribution in [1.29, 1.82) is 0 Å². The number of halogens is 1. The highest BCUT2D eigenvalue weighted by Gasteiger charge is 2.42. The molecule has 0 spiro atoms. The van der Waals surface area contributed by atoms with Gasteiger partial charge >= 0.3 is 6.03 Å². The average molecular weight is 458 g/mol. The van der Waals surface area contributed by atoms with Gasteiger partial charge in [-0.2, -0.15) is 0 Å². The van der Waals surface area contributed by atoms with E-state index in [1.165, 1.54) is 12.0 Å². The van der Waals surface area contributed by atoms with Gasteiger partial charge in [-0.25, -0.2) is 9.18 Å². The largest absolute Gasteiger partial charge is 0.331 e. The maximum Gasteiger partial charge on any atom is 0.319 e. The molecule has 34 heavy (non-hydrogen) atoms. The zero-order chi connectivity index (χ0) is 23.4. The minimum atomic E-state index is -0.190. The number of rotatable bonds is 7. The van der Waals surface area contributed by atoms with Crippen molar-refractivity contribution >= 4 is 11.7 Å². The standard InChI is InChI=1S/C29H32FN3O/c30-25-14-12-22(13-15-25)19-27-11-5-18-33(27)21-29(16-6-17-29)32-28(34)31-26-10-4-9-24(20-26)23-7-2-1-3-8-23/h1-4,7-10,12-15,20,27H,5-6,11,16-19,21H2,(H2,31,32,34). The molecule has 3 aromatic carbocycles. The van der Waals surface area contributed by atoms with Crippen LogP contribution in [0, 0.1) is 5.82 Å². The van der Waals surface area contributed by atoms with Crippen LogP contribution in [0.4, 0.5) is 14.9 Å². The number of benzene rings is 3. The average Bonchev–Trinajstić information content (AvgIpc) is 3.26. The van der Waals surface area contributed by atoms with Gasteiger partial charge in [0.25, 0.3) is 0 Å². The van der Waals surface area contributed by atoms with Gasteiger partial charge in [0, 0.05) is 18.3 Å². The first-order chi connectivity index (χ1) is 16.6. The van der Waals surface area contributed by atoms with E-state index < -0.39 is 0 Å². The molecule has 1 saturated heterocycles. The monoisotopic (exact) mass is 457 g/mol. The summed E-state index contributed by atoms with van der Waals surface area (Å²) in [6, 6.07) is 25.3. The van der Waals surface area contributed by atoms with E-state index in [0.29, 0.717) is 6.04 Å². The van der Waals surface area contributed by atoms with Gasteiger partial charge in [0.15, 0.2) is 0 Å². The van der Waals surface area contributed by atoms with Crippen molar-refractivity contribution in [1.82, 2.24) is 10.2 Å². The highest BCUT2D eigenvalue weighted by Crippen LogP contribution is 2.35. The third kappa shape index (κ3) is 5.31. The van der Waals surface area contributed by atoms with Crippen molar-refractivity contribution in [2.45, 2.75) is 50.1 Å². The van der Waals surface area contributed by atoms with Crippen LogP contribution in [0.1, 0.15) is 37.7 Å². The smallest absolute Gasteiger partial charge is 0.319 e. The van der Waals surface area contributed by atoms with Gasteiger partial charge in [0.05, 0.1) is 5.54 Å². The lowest BCUT2D eigenvalue weighted by molar-refractivity contribution is 0.109. The van der Waals surface area contributed by atoms with Crippen LogP contribution < -0.4 is 10.6 Å². The number of carbonyl (C=O) groups excluding carboxylic acids is 1. The summed E-state index contributed by atoms with van der Waals surface area (Å²) in [5.41, 5.74) is 4.00. The number of anilines is 1. The van der Waals surface area contributed by atoms with Gasteiger partial charge in [-0.05, 0) is 86.0 Å². The van der Waals surface area contributed by atoms with Crippen molar-refractivity contribution in [2.24, 2.45) is 0 Å². The minimum Gasteiger partial charge on any atom is -0.331 e. The maximum absolute atomic E-state index is 13.3. The Morgan fingerprint density at radius 3 is 2.44 bits per heavy atom. The van der Waals surface area contributed by atoms with Crippen LogP contribution in [-0.2, 0) is 6.42 Å². The predicted octanol–water partition coefficient (Wildman–Crippen LogP) is 6.24. The van der Waals surface area contributed by atoms with E-state index in [4.69, 9.17) is 0 Å². The fourth-order valence-corrected chi connectivity index (χ4v) is 5.35. The van der Waals surface area contributed by atoms with Crippen LogP contribution in [0.15, 0.2) is 78.9 Å². The molecule has 1 unspecified atom stereocenters. The summed E-state index contributed by atoms with van der Waals surface area (Å²) in [6.07, 6.45) is 6.38. The molecule has 176 valence electrons. The normalized spacial score (nSPS) is 19.4. The Balaban J connectivity index is 1.21. The van der Waals surface area contributed by atoms with Crippen LogP contribution in [-0.4, -0.2) is 35.6 Å². The fraction of sp³-hybridized carbons (Fsp3) is 0.345. The van der Waals surface area contributed by atoms with E-state index in [9.17, 15) is 9.18 Å². The number of likely N-dealkylation sites (tertiary alicyclic amines) is 1. The summed E-state index contributed by atoms with van der Waals surface area (Å²) in [5, 5.41) is 6.37. The van der Waals surface area contributed by atoms with E-state index in [2.05, 4.69) is 33.7 Å². The molecule has 2 fully saturated rings. The molecule has 3 aromatic rings. The van der Waals surface area contributed by atoms with Crippen molar-refractivity contribution in [2.75, 3.05) is 18.4 Å². The molecule has 0 aromatic heterocycles. The lowest BCUT2D eigenvalue weighted by atomic mass is 9.76. The Bertz CT molecular complexity index is 1110. The Hall–Kier alpha value is -3.18. The summed E-state index contributed by atoms with van der Waals surface area (Å²) in [7, 11) is 0. The zero-order valence-electron chi connectivity index (χ0n) is 19.5. The Morgan fingerprint density at radius 2 is 1.71 bits per heavy atom. The summed E-state index contributed by atoms with van der Waals surface area (Å²) >= 11 is 0. The predicted molar refractivity (Wildman–Crippen MR) is 135 cm³/mol. The topological polar surface area (TPSA) is 44.4 Å². The van der Waals surface area contributed by atoms with E-state index >= 15 is 0 Å². The molecule has 1 saturated carbocycles. The van der Waals surface area contributed by atoms with Gasteiger partial charge in [-0.1, -0.05) is 54.6 Å². The van der Waals surface area contributed by atoms with E-state index in [0.717, 1.165) is 62.0 Å². The zero-order valence-corrected chi connectivity index (χ0v) is 19.5. The fourth-order valence-electron chi connectivity index (χ4n) is 5.35. The Labute approximate surface area is 201 Å². The van der Waals surface area contributed by atoms with Crippen LogP contribution in [0.5, 0.6) is 0 Å². The SMILES string of the molecule is O=C(Nc1cccc(-c2ccccc2)c1)NC1(CN2CCCC2Cc2ccc(F)cc2)CCC1. The van der Waals surface area contributed by atoms with Crippen LogP contribution >= 0.6 is 0 Å². The summed E-state index contributed by atoms with van der Waals surface area (Å²) in [5.74, 6) is -0.190. The Kier molecular flexibility index (Phi) is 6.63. The molecule has 4 nitrogen and oxygen atoms in total. The molecule has 2 amide bonds. The van der Waals surface area contributed by atoms with Crippen molar-refractivity contribution in [3.8, 4) is 11.1 Å². The molecule has 2 N–H and O–H groups in total. The lowest BCUT2D eigenvalue weighted by Gasteiger charge is -2.46. The van der Waals surface area contributed by atoms with E-state index in [1.807, 2.05) is 48.5 Å². The van der Waals surface area contributed by atoms with Gasteiger partial charge in [0.1, 0.15) is 5.82 Å². The highest BCUT2D eigenvalue weighted by molar-refractivity contribution is 5.90. The number of hydrogen-bond donors (Lipinski definition) is 2. The summed E-state index contributed by atoms with van der Waals surface area (Å²) in [4.78, 5) is 15.5. The minimum absolute atomic E-state index is 0.140. The molecule has 1 atom stereocenters. The maximum atomic E-state index is 13.3. The Morgan fingerprint density at radius 1 is 0.941 bits per heavy atom. The lowest BCUT2D eigenvalue weighted by Crippen LogP contribution is -2.61. The second-order valence-corrected chi connectivity index (χ2v) is 9.76. The van der Waals surface area contributed by atoms with Crippen LogP contribution in [0.2, 0.25) is 0 Å². The molecule has 1 heterocycles. The quantitative estimate of drug-likeness (QED) is 0.441. The third-order valence-corrected chi connectivity index (χ3v) is 7.31. The van der Waals surface area contributed by atoms with Gasteiger partial charge in [-0.15, -0.1) is 0 Å². The first kappa shape index (κ1) is 22.6. The number of carbonyl (C=O) groups is 1. The molecule has 1 aliphatic carbocycles. The van der Waals surface area contributed by atoms with Crippen molar-refractivity contribution in [3.63, 3.8) is 0 Å². The van der Waals surface area contributed by atoms with Crippen molar-refractivity contribution in [3.05, 3.63) is 90.2 Å². The second-order valence-electron chi connectivity index (χ2n) is 9.76. The van der Waals surface area contributed by atoms with Crippen LogP contribution in [0.25, 0.3) is 11.1 Å². The number of amides is 2. The molecule has 1 aliphatic heterocycles. The first-order valence-corrected chi connectivity index (χ1v) is 12.3. The van der Waals surface area contributed by atoms with Crippen molar-refractivity contribution < 1.29 is 9.18 Å². The van der Waals surface area contributed by atoms with Gasteiger partial charge in [-0.3, -0.25) is 4.90 Å². The molecule has 2 aliphatic rings. The molecule has 5 heteroatoms.